The highest BCUT2D eigenvalue weighted by Crippen LogP contribution is 2.39. The molecule has 2 unspecified atom stereocenters. The van der Waals surface area contributed by atoms with Gasteiger partial charge in [0.05, 0.1) is 16.9 Å². The van der Waals surface area contributed by atoms with E-state index >= 15 is 0 Å². The maximum atomic E-state index is 11.3. The van der Waals surface area contributed by atoms with E-state index in [4.69, 9.17) is 5.11 Å². The number of nitrogens with one attached hydrogen (secondary N) is 1. The van der Waals surface area contributed by atoms with Gasteiger partial charge in [-0.15, -0.1) is 0 Å². The van der Waals surface area contributed by atoms with Crippen molar-refractivity contribution in [1.82, 2.24) is 5.32 Å². The van der Waals surface area contributed by atoms with Crippen LogP contribution >= 0.6 is 0 Å². The fourth-order valence-electron chi connectivity index (χ4n) is 2.25. The normalized spacial score (nSPS) is 41.7. The van der Waals surface area contributed by atoms with Gasteiger partial charge in [0, 0.05) is 6.04 Å². The molecule has 0 radical (unpaired) electrons. The van der Waals surface area contributed by atoms with Gasteiger partial charge >= 0.3 is 5.97 Å². The molecule has 2 rings (SSSR count). The second-order valence-electron chi connectivity index (χ2n) is 3.77. The fourth-order valence-corrected chi connectivity index (χ4v) is 4.57. The Morgan fingerprint density at radius 3 is 2.77 bits per heavy atom. The molecule has 0 aromatic heterocycles. The van der Waals surface area contributed by atoms with Crippen molar-refractivity contribution in [1.29, 1.82) is 0 Å². The summed E-state index contributed by atoms with van der Waals surface area (Å²) in [4.78, 5) is 11.0. The average molecular weight is 205 g/mol. The van der Waals surface area contributed by atoms with E-state index in [-0.39, 0.29) is 17.5 Å². The van der Waals surface area contributed by atoms with Crippen molar-refractivity contribution in [2.45, 2.75) is 12.5 Å². The number of fused-ring (bicyclic) bond motifs is 1. The summed E-state index contributed by atoms with van der Waals surface area (Å²) in [6.07, 6.45) is 0.423. The predicted octanol–water partition coefficient (Wildman–Crippen LogP) is -1.15. The summed E-state index contributed by atoms with van der Waals surface area (Å²) < 4.78 is 22.5. The molecular formula is C7H11NO4S. The lowest BCUT2D eigenvalue weighted by Crippen LogP contribution is -2.41. The van der Waals surface area contributed by atoms with Crippen LogP contribution in [0.25, 0.3) is 0 Å². The Labute approximate surface area is 76.0 Å². The molecule has 2 atom stereocenters. The van der Waals surface area contributed by atoms with Crippen LogP contribution in [0.2, 0.25) is 0 Å². The van der Waals surface area contributed by atoms with Crippen molar-refractivity contribution in [2.75, 3.05) is 18.1 Å². The first kappa shape index (κ1) is 8.96. The van der Waals surface area contributed by atoms with E-state index in [1.54, 1.807) is 0 Å². The summed E-state index contributed by atoms with van der Waals surface area (Å²) in [5.41, 5.74) is -1.04. The zero-order valence-electron chi connectivity index (χ0n) is 6.99. The van der Waals surface area contributed by atoms with E-state index in [9.17, 15) is 13.2 Å². The standard InChI is InChI=1S/C7H11NO4S/c9-6(10)7-1-2-8-5(7)3-13(11,12)4-7/h5,8H,1-4H2,(H,9,10). The van der Waals surface area contributed by atoms with E-state index in [2.05, 4.69) is 5.32 Å². The largest absolute Gasteiger partial charge is 0.481 e. The summed E-state index contributed by atoms with van der Waals surface area (Å²) in [7, 11) is -3.15. The maximum absolute atomic E-state index is 11.3. The summed E-state index contributed by atoms with van der Waals surface area (Å²) in [5, 5.41) is 11.9. The van der Waals surface area contributed by atoms with Gasteiger partial charge in [0.25, 0.3) is 0 Å². The number of aliphatic carboxylic acids is 1. The highest BCUT2D eigenvalue weighted by atomic mass is 32.2. The molecule has 0 aliphatic carbocycles. The summed E-state index contributed by atoms with van der Waals surface area (Å²) in [6.45, 7) is 0.604. The second-order valence-corrected chi connectivity index (χ2v) is 5.88. The van der Waals surface area contributed by atoms with Gasteiger partial charge in [-0.25, -0.2) is 8.42 Å². The molecule has 2 heterocycles. The van der Waals surface area contributed by atoms with E-state index in [1.807, 2.05) is 0 Å². The number of carboxylic acids is 1. The lowest BCUT2D eigenvalue weighted by molar-refractivity contribution is -0.147. The summed E-state index contributed by atoms with van der Waals surface area (Å²) in [6, 6.07) is -0.380. The van der Waals surface area contributed by atoms with Gasteiger partial charge in [0.1, 0.15) is 0 Å². The minimum absolute atomic E-state index is 0.0285. The van der Waals surface area contributed by atoms with Gasteiger partial charge in [0.2, 0.25) is 0 Å². The molecule has 0 aromatic rings. The summed E-state index contributed by atoms with van der Waals surface area (Å²) in [5.74, 6) is -1.21. The number of sulfone groups is 1. The highest BCUT2D eigenvalue weighted by Gasteiger charge is 2.58. The molecule has 0 saturated carbocycles. The Morgan fingerprint density at radius 2 is 2.23 bits per heavy atom. The minimum atomic E-state index is -3.15. The van der Waals surface area contributed by atoms with Crippen molar-refractivity contribution in [3.05, 3.63) is 0 Å². The van der Waals surface area contributed by atoms with Gasteiger partial charge in [-0.1, -0.05) is 0 Å². The molecule has 2 fully saturated rings. The average Bonchev–Trinajstić information content (AvgIpc) is 2.40. The number of rotatable bonds is 1. The van der Waals surface area contributed by atoms with Crippen molar-refractivity contribution in [2.24, 2.45) is 5.41 Å². The van der Waals surface area contributed by atoms with E-state index in [1.165, 1.54) is 0 Å². The Balaban J connectivity index is 2.41. The van der Waals surface area contributed by atoms with Gasteiger partial charge < -0.3 is 10.4 Å². The van der Waals surface area contributed by atoms with Crippen LogP contribution in [0, 0.1) is 5.41 Å². The molecule has 6 heteroatoms. The first-order valence-electron chi connectivity index (χ1n) is 4.13. The molecule has 74 valence electrons. The molecule has 2 saturated heterocycles. The van der Waals surface area contributed by atoms with Crippen molar-refractivity contribution < 1.29 is 18.3 Å². The molecule has 0 aromatic carbocycles. The molecule has 5 nitrogen and oxygen atoms in total. The quantitative estimate of drug-likeness (QED) is 0.564. The summed E-state index contributed by atoms with van der Waals surface area (Å²) >= 11 is 0. The van der Waals surface area contributed by atoms with Crippen LogP contribution in [-0.4, -0.2) is 43.6 Å². The van der Waals surface area contributed by atoms with Crippen molar-refractivity contribution >= 4 is 15.8 Å². The van der Waals surface area contributed by atoms with Gasteiger partial charge in [-0.05, 0) is 13.0 Å². The van der Waals surface area contributed by atoms with Crippen molar-refractivity contribution in [3.63, 3.8) is 0 Å². The van der Waals surface area contributed by atoms with Crippen LogP contribution in [0.15, 0.2) is 0 Å². The molecule has 2 aliphatic heterocycles. The number of carboxylic acid groups (broad SMARTS) is 1. The third-order valence-corrected chi connectivity index (χ3v) is 4.75. The van der Waals surface area contributed by atoms with E-state index in [0.717, 1.165) is 0 Å². The third kappa shape index (κ3) is 1.16. The van der Waals surface area contributed by atoms with Crippen LogP contribution in [0.3, 0.4) is 0 Å². The van der Waals surface area contributed by atoms with Crippen LogP contribution in [0.1, 0.15) is 6.42 Å². The van der Waals surface area contributed by atoms with Gasteiger partial charge in [-0.2, -0.15) is 0 Å². The topological polar surface area (TPSA) is 83.5 Å². The van der Waals surface area contributed by atoms with Crippen molar-refractivity contribution in [3.8, 4) is 0 Å². The van der Waals surface area contributed by atoms with E-state index < -0.39 is 21.2 Å². The number of carbonyl (C=O) groups is 1. The zero-order chi connectivity index (χ0) is 9.69. The minimum Gasteiger partial charge on any atom is -0.481 e. The van der Waals surface area contributed by atoms with Gasteiger partial charge in [0.15, 0.2) is 9.84 Å². The highest BCUT2D eigenvalue weighted by molar-refractivity contribution is 7.91. The molecule has 2 N–H and O–H groups in total. The van der Waals surface area contributed by atoms with Crippen LogP contribution in [-0.2, 0) is 14.6 Å². The third-order valence-electron chi connectivity index (χ3n) is 2.95. The first-order chi connectivity index (χ1) is 5.96. The Hall–Kier alpha value is -0.620. The molecule has 13 heavy (non-hydrogen) atoms. The second kappa shape index (κ2) is 2.45. The Morgan fingerprint density at radius 1 is 1.54 bits per heavy atom. The number of hydrogen-bond acceptors (Lipinski definition) is 4. The molecule has 0 spiro atoms. The lowest BCUT2D eigenvalue weighted by Gasteiger charge is -2.20. The van der Waals surface area contributed by atoms with Crippen LogP contribution in [0.5, 0.6) is 0 Å². The molecule has 0 amide bonds. The fraction of sp³-hybridized carbons (Fsp3) is 0.857. The SMILES string of the molecule is O=C(O)C12CCNC1CS(=O)(=O)C2. The molecule has 0 bridgehead atoms. The zero-order valence-corrected chi connectivity index (χ0v) is 7.80. The van der Waals surface area contributed by atoms with Crippen LogP contribution in [0.4, 0.5) is 0 Å². The monoisotopic (exact) mass is 205 g/mol. The van der Waals surface area contributed by atoms with E-state index in [0.29, 0.717) is 13.0 Å². The number of hydrogen-bond donors (Lipinski definition) is 2. The predicted molar refractivity (Wildman–Crippen MR) is 45.1 cm³/mol. The molecular weight excluding hydrogens is 194 g/mol. The first-order valence-corrected chi connectivity index (χ1v) is 5.96. The Bertz CT molecular complexity index is 350. The maximum Gasteiger partial charge on any atom is 0.312 e. The van der Waals surface area contributed by atoms with Gasteiger partial charge in [-0.3, -0.25) is 4.79 Å². The molecule has 2 aliphatic rings. The van der Waals surface area contributed by atoms with Crippen LogP contribution < -0.4 is 5.32 Å². The lowest BCUT2D eigenvalue weighted by atomic mass is 9.84. The smallest absolute Gasteiger partial charge is 0.312 e. The Kier molecular flexibility index (Phi) is 1.69.